The van der Waals surface area contributed by atoms with Gasteiger partial charge >= 0.3 is 5.97 Å². The van der Waals surface area contributed by atoms with Crippen molar-refractivity contribution >= 4 is 17.6 Å². The number of benzene rings is 1. The van der Waals surface area contributed by atoms with E-state index in [0.29, 0.717) is 24.5 Å². The van der Waals surface area contributed by atoms with Crippen LogP contribution in [0.15, 0.2) is 18.2 Å². The van der Waals surface area contributed by atoms with Crippen LogP contribution in [0, 0.1) is 0 Å². The Bertz CT molecular complexity index is 510. The van der Waals surface area contributed by atoms with Gasteiger partial charge in [-0.15, -0.1) is 0 Å². The summed E-state index contributed by atoms with van der Waals surface area (Å²) in [6.45, 7) is 1.30. The van der Waals surface area contributed by atoms with E-state index in [1.807, 2.05) is 0 Å². The van der Waals surface area contributed by atoms with Gasteiger partial charge in [0.1, 0.15) is 0 Å². The minimum absolute atomic E-state index is 0.0965. The Morgan fingerprint density at radius 3 is 2.55 bits per heavy atom. The summed E-state index contributed by atoms with van der Waals surface area (Å²) in [7, 11) is 1.29. The number of nitrogens with one attached hydrogen (secondary N) is 1. The second kappa shape index (κ2) is 6.38. The second-order valence-corrected chi connectivity index (χ2v) is 4.70. The number of hydrogen-bond acceptors (Lipinski definition) is 5. The highest BCUT2D eigenvalue weighted by atomic mass is 16.5. The fourth-order valence-corrected chi connectivity index (χ4v) is 2.13. The number of anilines is 1. The van der Waals surface area contributed by atoms with Gasteiger partial charge in [0.05, 0.1) is 12.7 Å². The predicted octanol–water partition coefficient (Wildman–Crippen LogP) is 0.964. The summed E-state index contributed by atoms with van der Waals surface area (Å²) in [6, 6.07) is 4.61. The lowest BCUT2D eigenvalue weighted by Crippen LogP contribution is -2.39. The molecule has 3 N–H and O–H groups in total. The van der Waals surface area contributed by atoms with Gasteiger partial charge in [-0.3, -0.25) is 4.79 Å². The predicted molar refractivity (Wildman–Crippen MR) is 73.5 cm³/mol. The molecule has 1 saturated heterocycles. The van der Waals surface area contributed by atoms with Gasteiger partial charge in [-0.1, -0.05) is 0 Å². The Balaban J connectivity index is 2.12. The summed E-state index contributed by atoms with van der Waals surface area (Å²) in [5, 5.41) is 2.92. The number of rotatable bonds is 3. The van der Waals surface area contributed by atoms with E-state index < -0.39 is 5.97 Å². The Morgan fingerprint density at radius 1 is 1.25 bits per heavy atom. The molecule has 20 heavy (non-hydrogen) atoms. The van der Waals surface area contributed by atoms with Crippen LogP contribution in [0.3, 0.4) is 0 Å². The van der Waals surface area contributed by atoms with Gasteiger partial charge in [-0.25, -0.2) is 4.79 Å². The third-order valence-corrected chi connectivity index (χ3v) is 3.20. The third kappa shape index (κ3) is 3.48. The van der Waals surface area contributed by atoms with Crippen molar-refractivity contribution in [3.05, 3.63) is 29.3 Å². The van der Waals surface area contributed by atoms with Gasteiger partial charge in [0.25, 0.3) is 5.91 Å². The van der Waals surface area contributed by atoms with Crippen LogP contribution >= 0.6 is 0 Å². The Labute approximate surface area is 117 Å². The van der Waals surface area contributed by atoms with Crippen molar-refractivity contribution in [2.75, 3.05) is 26.1 Å². The Morgan fingerprint density at radius 2 is 1.90 bits per heavy atom. The molecule has 108 valence electrons. The maximum atomic E-state index is 12.2. The molecule has 0 spiro atoms. The molecule has 1 aliphatic heterocycles. The molecule has 0 saturated carbocycles. The number of nitrogens with two attached hydrogens (primary N) is 1. The zero-order valence-corrected chi connectivity index (χ0v) is 11.3. The molecule has 1 amide bonds. The van der Waals surface area contributed by atoms with Gasteiger partial charge in [-0.2, -0.15) is 0 Å². The Hall–Kier alpha value is -2.08. The number of nitrogen functional groups attached to an aromatic ring is 1. The van der Waals surface area contributed by atoms with Gasteiger partial charge in [0.2, 0.25) is 0 Å². The number of carbonyl (C=O) groups excluding carboxylic acids is 2. The zero-order chi connectivity index (χ0) is 14.5. The fraction of sp³-hybridized carbons (Fsp3) is 0.429. The molecule has 0 bridgehead atoms. The highest BCUT2D eigenvalue weighted by molar-refractivity contribution is 5.99. The van der Waals surface area contributed by atoms with Gasteiger partial charge in [0.15, 0.2) is 0 Å². The minimum Gasteiger partial charge on any atom is -0.465 e. The van der Waals surface area contributed by atoms with E-state index in [2.05, 4.69) is 10.1 Å². The summed E-state index contributed by atoms with van der Waals surface area (Å²) in [5.74, 6) is -0.758. The molecule has 1 aliphatic rings. The van der Waals surface area contributed by atoms with Crippen LogP contribution < -0.4 is 11.1 Å². The smallest absolute Gasteiger partial charge is 0.337 e. The second-order valence-electron chi connectivity index (χ2n) is 4.70. The SMILES string of the molecule is COC(=O)c1cc(N)cc(C(=O)NC2CCOCC2)c1. The summed E-state index contributed by atoms with van der Waals surface area (Å²) in [5.41, 5.74) is 6.69. The van der Waals surface area contributed by atoms with Crippen LogP contribution in [-0.4, -0.2) is 38.2 Å². The van der Waals surface area contributed by atoms with E-state index in [1.165, 1.54) is 19.2 Å². The maximum Gasteiger partial charge on any atom is 0.337 e. The van der Waals surface area contributed by atoms with E-state index >= 15 is 0 Å². The van der Waals surface area contributed by atoms with Crippen molar-refractivity contribution in [1.29, 1.82) is 0 Å². The van der Waals surface area contributed by atoms with Crippen molar-refractivity contribution in [1.82, 2.24) is 5.32 Å². The number of ether oxygens (including phenoxy) is 2. The molecule has 0 atom stereocenters. The number of hydrogen-bond donors (Lipinski definition) is 2. The molecule has 0 radical (unpaired) electrons. The highest BCUT2D eigenvalue weighted by Crippen LogP contribution is 2.14. The number of esters is 1. The van der Waals surface area contributed by atoms with Crippen LogP contribution in [0.4, 0.5) is 5.69 Å². The van der Waals surface area contributed by atoms with Crippen molar-refractivity contribution in [3.8, 4) is 0 Å². The maximum absolute atomic E-state index is 12.2. The van der Waals surface area contributed by atoms with Crippen molar-refractivity contribution in [3.63, 3.8) is 0 Å². The summed E-state index contributed by atoms with van der Waals surface area (Å²) < 4.78 is 9.87. The van der Waals surface area contributed by atoms with Crippen molar-refractivity contribution in [2.45, 2.75) is 18.9 Å². The normalized spacial score (nSPS) is 15.7. The van der Waals surface area contributed by atoms with Crippen LogP contribution in [0.25, 0.3) is 0 Å². The molecule has 1 fully saturated rings. The molecule has 6 nitrogen and oxygen atoms in total. The first-order valence-electron chi connectivity index (χ1n) is 6.47. The first kappa shape index (κ1) is 14.3. The average molecular weight is 278 g/mol. The summed E-state index contributed by atoms with van der Waals surface area (Å²) >= 11 is 0. The molecule has 0 unspecified atom stereocenters. The number of amides is 1. The third-order valence-electron chi connectivity index (χ3n) is 3.20. The lowest BCUT2D eigenvalue weighted by Gasteiger charge is -2.23. The van der Waals surface area contributed by atoms with Crippen LogP contribution in [0.1, 0.15) is 33.6 Å². The van der Waals surface area contributed by atoms with Gasteiger partial charge in [-0.05, 0) is 31.0 Å². The molecule has 2 rings (SSSR count). The van der Waals surface area contributed by atoms with Gasteiger partial charge < -0.3 is 20.5 Å². The van der Waals surface area contributed by atoms with E-state index in [0.717, 1.165) is 12.8 Å². The lowest BCUT2D eigenvalue weighted by molar-refractivity contribution is 0.0600. The largest absolute Gasteiger partial charge is 0.465 e. The fourth-order valence-electron chi connectivity index (χ4n) is 2.13. The van der Waals surface area contributed by atoms with Crippen LogP contribution in [0.2, 0.25) is 0 Å². The minimum atomic E-state index is -0.516. The monoisotopic (exact) mass is 278 g/mol. The molecule has 0 aliphatic carbocycles. The molecule has 1 aromatic carbocycles. The van der Waals surface area contributed by atoms with Gasteiger partial charge in [0, 0.05) is 30.5 Å². The first-order chi connectivity index (χ1) is 9.60. The molecule has 1 aromatic rings. The summed E-state index contributed by atoms with van der Waals surface area (Å²) in [6.07, 6.45) is 1.58. The van der Waals surface area contributed by atoms with E-state index in [4.69, 9.17) is 10.5 Å². The Kier molecular flexibility index (Phi) is 4.57. The van der Waals surface area contributed by atoms with Crippen LogP contribution in [0.5, 0.6) is 0 Å². The first-order valence-corrected chi connectivity index (χ1v) is 6.47. The molecule has 0 aromatic heterocycles. The number of carbonyl (C=O) groups is 2. The molecular weight excluding hydrogens is 260 g/mol. The zero-order valence-electron chi connectivity index (χ0n) is 11.3. The van der Waals surface area contributed by atoms with Crippen LogP contribution in [-0.2, 0) is 9.47 Å². The average Bonchev–Trinajstić information content (AvgIpc) is 2.46. The van der Waals surface area contributed by atoms with Crippen molar-refractivity contribution in [2.24, 2.45) is 0 Å². The molecule has 1 heterocycles. The topological polar surface area (TPSA) is 90.7 Å². The van der Waals surface area contributed by atoms with Crippen molar-refractivity contribution < 1.29 is 19.1 Å². The van der Waals surface area contributed by atoms with E-state index in [1.54, 1.807) is 6.07 Å². The highest BCUT2D eigenvalue weighted by Gasteiger charge is 2.18. The quantitative estimate of drug-likeness (QED) is 0.635. The number of methoxy groups -OCH3 is 1. The standard InChI is InChI=1S/C14H18N2O4/c1-19-14(18)10-6-9(7-11(15)8-10)13(17)16-12-2-4-20-5-3-12/h6-8,12H,2-5,15H2,1H3,(H,16,17). The van der Waals surface area contributed by atoms with E-state index in [-0.39, 0.29) is 17.5 Å². The summed E-state index contributed by atoms with van der Waals surface area (Å²) in [4.78, 5) is 23.7. The lowest BCUT2D eigenvalue weighted by atomic mass is 10.1. The molecule has 6 heteroatoms. The van der Waals surface area contributed by atoms with E-state index in [9.17, 15) is 9.59 Å². The molecular formula is C14H18N2O4.